The van der Waals surface area contributed by atoms with Crippen molar-refractivity contribution in [1.29, 1.82) is 0 Å². The van der Waals surface area contributed by atoms with E-state index in [9.17, 15) is 0 Å². The highest BCUT2D eigenvalue weighted by Gasteiger charge is 1.98. The van der Waals surface area contributed by atoms with E-state index in [1.165, 1.54) is 0 Å². The first-order valence-corrected chi connectivity index (χ1v) is 4.93. The lowest BCUT2D eigenvalue weighted by Gasteiger charge is -2.05. The van der Waals surface area contributed by atoms with Crippen molar-refractivity contribution in [2.75, 3.05) is 10.7 Å². The molecular weight excluding hydrogens is 204 g/mol. The monoisotopic (exact) mass is 218 g/mol. The van der Waals surface area contributed by atoms with Crippen LogP contribution in [0, 0.1) is 0 Å². The molecule has 0 aromatic carbocycles. The molecule has 0 spiro atoms. The van der Waals surface area contributed by atoms with Crippen LogP contribution in [0.2, 0.25) is 0 Å². The van der Waals surface area contributed by atoms with Crippen LogP contribution in [0.3, 0.4) is 0 Å². The lowest BCUT2D eigenvalue weighted by Crippen LogP contribution is -2.09. The number of nitrogens with two attached hydrogens (primary N) is 1. The largest absolute Gasteiger partial charge is 0.366 e. The molecule has 0 saturated heterocycles. The van der Waals surface area contributed by atoms with Crippen LogP contribution in [-0.2, 0) is 13.6 Å². The fourth-order valence-corrected chi connectivity index (χ4v) is 1.37. The highest BCUT2D eigenvalue weighted by atomic mass is 15.3. The number of hydrogen-bond donors (Lipinski definition) is 3. The van der Waals surface area contributed by atoms with E-state index in [1.807, 2.05) is 31.6 Å². The van der Waals surface area contributed by atoms with Gasteiger partial charge in [0.1, 0.15) is 11.6 Å². The van der Waals surface area contributed by atoms with Gasteiger partial charge in [0, 0.05) is 25.4 Å². The van der Waals surface area contributed by atoms with Crippen LogP contribution in [0.15, 0.2) is 30.6 Å². The first-order chi connectivity index (χ1) is 7.78. The Morgan fingerprint density at radius 3 is 2.88 bits per heavy atom. The molecule has 0 atom stereocenters. The lowest BCUT2D eigenvalue weighted by molar-refractivity contribution is 0.767. The highest BCUT2D eigenvalue weighted by molar-refractivity contribution is 5.44. The van der Waals surface area contributed by atoms with Crippen molar-refractivity contribution >= 4 is 11.6 Å². The van der Waals surface area contributed by atoms with Gasteiger partial charge in [-0.05, 0) is 12.1 Å². The van der Waals surface area contributed by atoms with E-state index in [0.717, 1.165) is 11.4 Å². The van der Waals surface area contributed by atoms with Gasteiger partial charge in [0.15, 0.2) is 0 Å². The Kier molecular flexibility index (Phi) is 3.02. The van der Waals surface area contributed by atoms with Crippen molar-refractivity contribution in [3.05, 3.63) is 36.2 Å². The summed E-state index contributed by atoms with van der Waals surface area (Å²) in [4.78, 5) is 4.24. The highest BCUT2D eigenvalue weighted by Crippen LogP contribution is 2.09. The van der Waals surface area contributed by atoms with Crippen LogP contribution < -0.4 is 16.6 Å². The smallest absolute Gasteiger partial charge is 0.142 e. The van der Waals surface area contributed by atoms with E-state index >= 15 is 0 Å². The number of anilines is 2. The minimum atomic E-state index is 0.635. The summed E-state index contributed by atoms with van der Waals surface area (Å²) in [6.07, 6.45) is 3.77. The summed E-state index contributed by atoms with van der Waals surface area (Å²) in [7, 11) is 1.89. The minimum Gasteiger partial charge on any atom is -0.366 e. The zero-order chi connectivity index (χ0) is 11.4. The maximum absolute atomic E-state index is 5.28. The van der Waals surface area contributed by atoms with Gasteiger partial charge < -0.3 is 10.7 Å². The van der Waals surface area contributed by atoms with E-state index in [1.54, 1.807) is 10.7 Å². The molecule has 84 valence electrons. The Morgan fingerprint density at radius 2 is 2.19 bits per heavy atom. The Labute approximate surface area is 93.5 Å². The molecule has 0 aliphatic rings. The summed E-state index contributed by atoms with van der Waals surface area (Å²) in [6, 6.07) is 5.57. The Morgan fingerprint density at radius 1 is 1.38 bits per heavy atom. The fraction of sp³-hybridized carbons (Fsp3) is 0.200. The summed E-state index contributed by atoms with van der Waals surface area (Å²) in [5, 5.41) is 7.28. The van der Waals surface area contributed by atoms with E-state index in [2.05, 4.69) is 20.8 Å². The molecule has 16 heavy (non-hydrogen) atoms. The SMILES string of the molecule is Cn1cc(CNc2cccc(NN)n2)cn1. The third-order valence-electron chi connectivity index (χ3n) is 2.13. The van der Waals surface area contributed by atoms with Crippen molar-refractivity contribution in [1.82, 2.24) is 14.8 Å². The fourth-order valence-electron chi connectivity index (χ4n) is 1.37. The number of aryl methyl sites for hydroxylation is 1. The summed E-state index contributed by atoms with van der Waals surface area (Å²) in [6.45, 7) is 0.689. The predicted octanol–water partition coefficient (Wildman–Crippen LogP) is 0.713. The summed E-state index contributed by atoms with van der Waals surface area (Å²) in [5.41, 5.74) is 3.61. The summed E-state index contributed by atoms with van der Waals surface area (Å²) >= 11 is 0. The van der Waals surface area contributed by atoms with Gasteiger partial charge in [0.25, 0.3) is 0 Å². The predicted molar refractivity (Wildman–Crippen MR) is 62.6 cm³/mol. The number of nitrogen functional groups attached to an aromatic ring is 1. The van der Waals surface area contributed by atoms with Crippen LogP contribution in [0.25, 0.3) is 0 Å². The van der Waals surface area contributed by atoms with Crippen molar-refractivity contribution < 1.29 is 0 Å². The van der Waals surface area contributed by atoms with E-state index in [0.29, 0.717) is 12.4 Å². The van der Waals surface area contributed by atoms with Crippen molar-refractivity contribution in [3.8, 4) is 0 Å². The normalized spacial score (nSPS) is 10.1. The third kappa shape index (κ3) is 2.48. The second-order valence-corrected chi connectivity index (χ2v) is 3.43. The van der Waals surface area contributed by atoms with Crippen LogP contribution in [-0.4, -0.2) is 14.8 Å². The van der Waals surface area contributed by atoms with Crippen LogP contribution in [0.5, 0.6) is 0 Å². The molecule has 0 fully saturated rings. The lowest BCUT2D eigenvalue weighted by atomic mass is 10.3. The van der Waals surface area contributed by atoms with Gasteiger partial charge in [0.05, 0.1) is 6.20 Å². The van der Waals surface area contributed by atoms with Gasteiger partial charge in [-0.15, -0.1) is 0 Å². The molecule has 0 aliphatic carbocycles. The van der Waals surface area contributed by atoms with E-state index in [4.69, 9.17) is 5.84 Å². The quantitative estimate of drug-likeness (QED) is 0.520. The van der Waals surface area contributed by atoms with Gasteiger partial charge in [-0.2, -0.15) is 5.10 Å². The van der Waals surface area contributed by atoms with Crippen LogP contribution in [0.1, 0.15) is 5.56 Å². The zero-order valence-corrected chi connectivity index (χ0v) is 9.01. The number of hydrogen-bond acceptors (Lipinski definition) is 5. The number of nitrogens with zero attached hydrogens (tertiary/aromatic N) is 3. The molecule has 0 saturated carbocycles. The first kappa shape index (κ1) is 10.4. The Balaban J connectivity index is 1.99. The topological polar surface area (TPSA) is 80.8 Å². The van der Waals surface area contributed by atoms with E-state index < -0.39 is 0 Å². The van der Waals surface area contributed by atoms with Gasteiger partial charge >= 0.3 is 0 Å². The van der Waals surface area contributed by atoms with Gasteiger partial charge in [-0.1, -0.05) is 6.07 Å². The maximum atomic E-state index is 5.28. The molecule has 6 nitrogen and oxygen atoms in total. The number of pyridine rings is 1. The summed E-state index contributed by atoms with van der Waals surface area (Å²) in [5.74, 6) is 6.69. The number of rotatable bonds is 4. The van der Waals surface area contributed by atoms with Gasteiger partial charge in [0.2, 0.25) is 0 Å². The molecule has 2 aromatic heterocycles. The molecule has 0 aliphatic heterocycles. The third-order valence-corrected chi connectivity index (χ3v) is 2.13. The molecule has 6 heteroatoms. The summed E-state index contributed by atoms with van der Waals surface area (Å²) < 4.78 is 1.77. The van der Waals surface area contributed by atoms with Crippen molar-refractivity contribution in [3.63, 3.8) is 0 Å². The molecule has 0 bridgehead atoms. The van der Waals surface area contributed by atoms with Crippen molar-refractivity contribution in [2.45, 2.75) is 6.54 Å². The second-order valence-electron chi connectivity index (χ2n) is 3.43. The molecular formula is C10H14N6. The number of hydrazine groups is 1. The molecule has 0 unspecified atom stereocenters. The minimum absolute atomic E-state index is 0.635. The number of nitrogens with one attached hydrogen (secondary N) is 2. The second kappa shape index (κ2) is 4.63. The molecule has 0 radical (unpaired) electrons. The standard InChI is InChI=1S/C10H14N6/c1-16-7-8(6-13-16)5-12-9-3-2-4-10(14-9)15-11/h2-4,6-7H,5,11H2,1H3,(H2,12,14,15). The Hall–Kier alpha value is -2.08. The van der Waals surface area contributed by atoms with Crippen molar-refractivity contribution in [2.24, 2.45) is 12.9 Å². The van der Waals surface area contributed by atoms with Gasteiger partial charge in [-0.3, -0.25) is 4.68 Å². The molecule has 2 rings (SSSR count). The van der Waals surface area contributed by atoms with Crippen LogP contribution in [0.4, 0.5) is 11.6 Å². The van der Waals surface area contributed by atoms with Crippen LogP contribution >= 0.6 is 0 Å². The average molecular weight is 218 g/mol. The first-order valence-electron chi connectivity index (χ1n) is 4.93. The van der Waals surface area contributed by atoms with E-state index in [-0.39, 0.29) is 0 Å². The van der Waals surface area contributed by atoms with Gasteiger partial charge in [-0.25, -0.2) is 10.8 Å². The molecule has 2 heterocycles. The molecule has 0 amide bonds. The Bertz CT molecular complexity index is 464. The number of aromatic nitrogens is 3. The average Bonchev–Trinajstić information content (AvgIpc) is 2.73. The molecule has 4 N–H and O–H groups in total. The zero-order valence-electron chi connectivity index (χ0n) is 9.01. The maximum Gasteiger partial charge on any atom is 0.142 e. The molecule has 2 aromatic rings.